The molecule has 1 aliphatic carbocycles. The Morgan fingerprint density at radius 3 is 2.74 bits per heavy atom. The summed E-state index contributed by atoms with van der Waals surface area (Å²) >= 11 is 0. The zero-order chi connectivity index (χ0) is 14.3. The average Bonchev–Trinajstić information content (AvgIpc) is 2.53. The molecular formula is C11H15F3N2O3. The SMILES string of the molecule is COC(=O)N1N=C2CCCCCC2C1(O)C(F)(F)F. The van der Waals surface area contributed by atoms with Gasteiger partial charge in [0.05, 0.1) is 13.0 Å². The predicted molar refractivity (Wildman–Crippen MR) is 59.3 cm³/mol. The number of halogens is 3. The van der Waals surface area contributed by atoms with E-state index in [0.717, 1.165) is 13.5 Å². The fraction of sp³-hybridized carbons (Fsp3) is 0.818. The van der Waals surface area contributed by atoms with Crippen LogP contribution in [0.25, 0.3) is 0 Å². The summed E-state index contributed by atoms with van der Waals surface area (Å²) in [7, 11) is 0.952. The molecule has 19 heavy (non-hydrogen) atoms. The van der Waals surface area contributed by atoms with Gasteiger partial charge >= 0.3 is 12.3 Å². The van der Waals surface area contributed by atoms with E-state index in [1.165, 1.54) is 0 Å². The van der Waals surface area contributed by atoms with Gasteiger partial charge in [-0.2, -0.15) is 23.3 Å². The molecule has 2 atom stereocenters. The standard InChI is InChI=1S/C11H15F3N2O3/c1-19-9(17)16-10(18,11(12,13)14)7-5-3-2-4-6-8(7)15-16/h7,18H,2-6H2,1H3. The first-order chi connectivity index (χ1) is 8.82. The van der Waals surface area contributed by atoms with Crippen molar-refractivity contribution in [3.8, 4) is 0 Å². The van der Waals surface area contributed by atoms with Crippen LogP contribution >= 0.6 is 0 Å². The lowest BCUT2D eigenvalue weighted by atomic mass is 9.87. The molecule has 1 N–H and O–H groups in total. The van der Waals surface area contributed by atoms with Crippen molar-refractivity contribution in [3.63, 3.8) is 0 Å². The Hall–Kier alpha value is -1.31. The number of fused-ring (bicyclic) bond motifs is 1. The summed E-state index contributed by atoms with van der Waals surface area (Å²) in [6, 6.07) is 0. The lowest BCUT2D eigenvalue weighted by Gasteiger charge is -2.36. The van der Waals surface area contributed by atoms with Crippen LogP contribution in [0.3, 0.4) is 0 Å². The molecule has 1 fully saturated rings. The molecule has 2 rings (SSSR count). The van der Waals surface area contributed by atoms with Gasteiger partial charge in [-0.15, -0.1) is 0 Å². The summed E-state index contributed by atoms with van der Waals surface area (Å²) in [5.41, 5.74) is -3.07. The van der Waals surface area contributed by atoms with E-state index in [-0.39, 0.29) is 17.1 Å². The summed E-state index contributed by atoms with van der Waals surface area (Å²) < 4.78 is 43.9. The summed E-state index contributed by atoms with van der Waals surface area (Å²) in [5, 5.41) is 13.8. The minimum Gasteiger partial charge on any atom is -0.451 e. The number of hydrazone groups is 1. The first-order valence-corrected chi connectivity index (χ1v) is 6.07. The molecule has 0 aromatic carbocycles. The van der Waals surface area contributed by atoms with E-state index in [1.807, 2.05) is 0 Å². The molecule has 0 aromatic heterocycles. The predicted octanol–water partition coefficient (Wildman–Crippen LogP) is 2.26. The maximum Gasteiger partial charge on any atom is 0.439 e. The zero-order valence-corrected chi connectivity index (χ0v) is 10.4. The van der Waals surface area contributed by atoms with E-state index in [4.69, 9.17) is 0 Å². The molecule has 5 nitrogen and oxygen atoms in total. The van der Waals surface area contributed by atoms with Crippen LogP contribution in [-0.2, 0) is 4.74 Å². The van der Waals surface area contributed by atoms with E-state index >= 15 is 0 Å². The van der Waals surface area contributed by atoms with Crippen LogP contribution < -0.4 is 0 Å². The highest BCUT2D eigenvalue weighted by atomic mass is 19.4. The number of aliphatic hydroxyl groups is 1. The van der Waals surface area contributed by atoms with Gasteiger partial charge in [-0.3, -0.25) is 0 Å². The van der Waals surface area contributed by atoms with Gasteiger partial charge in [0.2, 0.25) is 0 Å². The largest absolute Gasteiger partial charge is 0.451 e. The van der Waals surface area contributed by atoms with E-state index in [2.05, 4.69) is 9.84 Å². The monoisotopic (exact) mass is 280 g/mol. The van der Waals surface area contributed by atoms with Crippen LogP contribution in [0.5, 0.6) is 0 Å². The Labute approximate surface area is 108 Å². The van der Waals surface area contributed by atoms with E-state index < -0.39 is 23.9 Å². The van der Waals surface area contributed by atoms with Crippen LogP contribution in [0.4, 0.5) is 18.0 Å². The number of alkyl halides is 3. The van der Waals surface area contributed by atoms with Crippen molar-refractivity contribution < 1.29 is 27.8 Å². The molecule has 0 radical (unpaired) electrons. The number of methoxy groups -OCH3 is 1. The molecule has 1 amide bonds. The van der Waals surface area contributed by atoms with Crippen molar-refractivity contribution in [2.24, 2.45) is 11.0 Å². The topological polar surface area (TPSA) is 62.1 Å². The first-order valence-electron chi connectivity index (χ1n) is 6.07. The van der Waals surface area contributed by atoms with Crippen molar-refractivity contribution in [2.45, 2.75) is 44.0 Å². The smallest absolute Gasteiger partial charge is 0.439 e. The first kappa shape index (κ1) is 14.1. The molecule has 1 saturated carbocycles. The summed E-state index contributed by atoms with van der Waals surface area (Å²) in [6.07, 6.45) is -3.71. The molecule has 0 aromatic rings. The Balaban J connectivity index is 2.44. The number of nitrogens with zero attached hydrogens (tertiary/aromatic N) is 2. The number of carbonyl (C=O) groups is 1. The Kier molecular flexibility index (Phi) is 3.46. The van der Waals surface area contributed by atoms with E-state index in [1.54, 1.807) is 0 Å². The molecular weight excluding hydrogens is 265 g/mol. The van der Waals surface area contributed by atoms with Gasteiger partial charge in [-0.25, -0.2) is 4.79 Å². The normalized spacial score (nSPS) is 31.5. The molecule has 0 spiro atoms. The highest BCUT2D eigenvalue weighted by molar-refractivity contribution is 5.91. The third-order valence-electron chi connectivity index (χ3n) is 3.63. The van der Waals surface area contributed by atoms with Gasteiger partial charge in [-0.05, 0) is 19.3 Å². The molecule has 0 bridgehead atoms. The second-order valence-corrected chi connectivity index (χ2v) is 4.75. The Morgan fingerprint density at radius 2 is 2.16 bits per heavy atom. The third-order valence-corrected chi connectivity index (χ3v) is 3.63. The average molecular weight is 280 g/mol. The van der Waals surface area contributed by atoms with Crippen LogP contribution in [-0.4, -0.2) is 40.9 Å². The number of hydrogen-bond acceptors (Lipinski definition) is 4. The molecule has 108 valence electrons. The van der Waals surface area contributed by atoms with Gasteiger partial charge in [-0.1, -0.05) is 12.8 Å². The molecule has 2 aliphatic rings. The summed E-state index contributed by atoms with van der Waals surface area (Å²) in [6.45, 7) is 0. The van der Waals surface area contributed by atoms with Crippen molar-refractivity contribution in [1.29, 1.82) is 0 Å². The van der Waals surface area contributed by atoms with Crippen molar-refractivity contribution in [3.05, 3.63) is 0 Å². The lowest BCUT2D eigenvalue weighted by molar-refractivity contribution is -0.314. The highest BCUT2D eigenvalue weighted by Gasteiger charge is 2.68. The number of ether oxygens (including phenoxy) is 1. The van der Waals surface area contributed by atoms with Crippen LogP contribution in [0.15, 0.2) is 5.10 Å². The maximum absolute atomic E-state index is 13.2. The van der Waals surface area contributed by atoms with Gasteiger partial charge in [0.15, 0.2) is 0 Å². The minimum atomic E-state index is -4.98. The van der Waals surface area contributed by atoms with Gasteiger partial charge in [0.1, 0.15) is 0 Å². The number of hydrogen-bond donors (Lipinski definition) is 1. The molecule has 1 aliphatic heterocycles. The fourth-order valence-corrected chi connectivity index (χ4v) is 2.66. The molecule has 8 heteroatoms. The van der Waals surface area contributed by atoms with Gasteiger partial charge in [0, 0.05) is 5.71 Å². The quantitative estimate of drug-likeness (QED) is 0.740. The molecule has 1 heterocycles. The van der Waals surface area contributed by atoms with Crippen LogP contribution in [0.1, 0.15) is 32.1 Å². The van der Waals surface area contributed by atoms with Crippen molar-refractivity contribution >= 4 is 11.8 Å². The summed E-state index contributed by atoms with van der Waals surface area (Å²) in [4.78, 5) is 11.4. The third kappa shape index (κ3) is 2.07. The highest BCUT2D eigenvalue weighted by Crippen LogP contribution is 2.47. The number of carbonyl (C=O) groups excluding carboxylic acids is 1. The van der Waals surface area contributed by atoms with Gasteiger partial charge < -0.3 is 9.84 Å². The second-order valence-electron chi connectivity index (χ2n) is 4.75. The minimum absolute atomic E-state index is 0.0400. The lowest BCUT2D eigenvalue weighted by Crippen LogP contribution is -2.61. The number of rotatable bonds is 0. The van der Waals surface area contributed by atoms with Crippen LogP contribution in [0, 0.1) is 5.92 Å². The van der Waals surface area contributed by atoms with Gasteiger partial charge in [0.25, 0.3) is 5.72 Å². The van der Waals surface area contributed by atoms with Crippen LogP contribution in [0.2, 0.25) is 0 Å². The maximum atomic E-state index is 13.2. The second kappa shape index (κ2) is 4.66. The fourth-order valence-electron chi connectivity index (χ4n) is 2.66. The summed E-state index contributed by atoms with van der Waals surface area (Å²) in [5.74, 6) is -1.20. The number of amides is 1. The zero-order valence-electron chi connectivity index (χ0n) is 10.4. The van der Waals surface area contributed by atoms with E-state index in [9.17, 15) is 23.1 Å². The molecule has 2 unspecified atom stereocenters. The Bertz CT molecular complexity index is 410. The van der Waals surface area contributed by atoms with Crippen molar-refractivity contribution in [2.75, 3.05) is 7.11 Å². The molecule has 0 saturated heterocycles. The van der Waals surface area contributed by atoms with Crippen molar-refractivity contribution in [1.82, 2.24) is 5.01 Å². The van der Waals surface area contributed by atoms with E-state index in [0.29, 0.717) is 19.3 Å². The Morgan fingerprint density at radius 1 is 1.47 bits per heavy atom.